The molecule has 0 saturated heterocycles. The minimum atomic E-state index is -5.52. The van der Waals surface area contributed by atoms with Gasteiger partial charge in [0, 0.05) is 15.8 Å². The van der Waals surface area contributed by atoms with E-state index in [1.54, 1.807) is 0 Å². The molecule has 0 bridgehead atoms. The summed E-state index contributed by atoms with van der Waals surface area (Å²) >= 11 is 4.43. The molecular formula is C9H12BrF2Na2O3PS. The monoisotopic (exact) mass is 394 g/mol. The molecule has 0 aliphatic carbocycles. The molecule has 19 heavy (non-hydrogen) atoms. The van der Waals surface area contributed by atoms with Crippen LogP contribution < -0.4 is 59.1 Å². The van der Waals surface area contributed by atoms with E-state index < -0.39 is 18.8 Å². The molecule has 0 spiro atoms. The molecule has 0 aliphatic heterocycles. The van der Waals surface area contributed by atoms with Gasteiger partial charge in [0.05, 0.1) is 0 Å². The Morgan fingerprint density at radius 3 is 2.32 bits per heavy atom. The SMILES string of the molecule is CSCc1ccc(C(F)(F)P(=O)(O)O)c(Br)c1.[H-].[H-].[Na+].[Na+]. The first kappa shape index (κ1) is 23.3. The van der Waals surface area contributed by atoms with Crippen LogP contribution in [0.5, 0.6) is 0 Å². The van der Waals surface area contributed by atoms with Crippen molar-refractivity contribution in [3.63, 3.8) is 0 Å². The molecule has 1 rings (SSSR count). The van der Waals surface area contributed by atoms with Gasteiger partial charge >= 0.3 is 72.4 Å². The maximum absolute atomic E-state index is 13.4. The molecule has 1 aromatic rings. The molecule has 0 saturated carbocycles. The van der Waals surface area contributed by atoms with Crippen molar-refractivity contribution in [2.45, 2.75) is 11.4 Å². The molecule has 3 nitrogen and oxygen atoms in total. The molecule has 0 radical (unpaired) electrons. The Labute approximate surface area is 170 Å². The molecule has 10 heteroatoms. The Balaban J connectivity index is -0.000000361. The Morgan fingerprint density at radius 1 is 1.42 bits per heavy atom. The predicted molar refractivity (Wildman–Crippen MR) is 69.5 cm³/mol. The number of rotatable bonds is 4. The van der Waals surface area contributed by atoms with Crippen molar-refractivity contribution in [3.8, 4) is 0 Å². The van der Waals surface area contributed by atoms with Crippen molar-refractivity contribution in [3.05, 3.63) is 33.8 Å². The first-order valence-corrected chi connectivity index (χ1v) is 8.21. The zero-order valence-corrected chi connectivity index (χ0v) is 18.0. The Morgan fingerprint density at radius 2 is 1.95 bits per heavy atom. The number of halogens is 3. The molecule has 0 aromatic heterocycles. The summed E-state index contributed by atoms with van der Waals surface area (Å²) in [6.07, 6.45) is 1.87. The summed E-state index contributed by atoms with van der Waals surface area (Å²) in [6.45, 7) is 0. The fraction of sp³-hybridized carbons (Fsp3) is 0.333. The summed E-state index contributed by atoms with van der Waals surface area (Å²) in [6, 6.07) is 3.91. The molecule has 100 valence electrons. The zero-order chi connectivity index (χ0) is 13.3. The second-order valence-corrected chi connectivity index (χ2v) is 6.70. The van der Waals surface area contributed by atoms with Crippen LogP contribution in [0, 0.1) is 0 Å². The van der Waals surface area contributed by atoms with Crippen LogP contribution >= 0.6 is 35.3 Å². The number of hydrogen-bond donors (Lipinski definition) is 2. The van der Waals surface area contributed by atoms with Crippen molar-refractivity contribution < 1.29 is 85.1 Å². The van der Waals surface area contributed by atoms with E-state index in [0.29, 0.717) is 5.75 Å². The van der Waals surface area contributed by atoms with E-state index in [1.807, 2.05) is 6.26 Å². The zero-order valence-electron chi connectivity index (χ0n) is 12.7. The van der Waals surface area contributed by atoms with Crippen LogP contribution in [0.15, 0.2) is 22.7 Å². The van der Waals surface area contributed by atoms with Gasteiger partial charge in [-0.25, -0.2) is 0 Å². The first-order valence-electron chi connectivity index (χ1n) is 4.41. The summed E-state index contributed by atoms with van der Waals surface area (Å²) in [7, 11) is -5.52. The topological polar surface area (TPSA) is 57.5 Å². The van der Waals surface area contributed by atoms with Crippen LogP contribution in [0.2, 0.25) is 0 Å². The molecule has 1 aromatic carbocycles. The molecule has 0 fully saturated rings. The van der Waals surface area contributed by atoms with Gasteiger partial charge in [0.2, 0.25) is 0 Å². The summed E-state index contributed by atoms with van der Waals surface area (Å²) in [5, 5.41) is 0. The standard InChI is InChI=1S/C9H10BrF2O3PS.2Na.2H/c1-17-5-6-2-3-7(8(10)4-6)9(11,12)16(13,14)15;;;;/h2-4H,5H2,1H3,(H2,13,14,15);;;;/q;2*+1;2*-1. The average molecular weight is 395 g/mol. The van der Waals surface area contributed by atoms with E-state index in [-0.39, 0.29) is 66.4 Å². The van der Waals surface area contributed by atoms with Gasteiger partial charge in [0.1, 0.15) is 0 Å². The smallest absolute Gasteiger partial charge is 1.00 e. The average Bonchev–Trinajstić information content (AvgIpc) is 2.16. The summed E-state index contributed by atoms with van der Waals surface area (Å²) < 4.78 is 37.6. The van der Waals surface area contributed by atoms with Gasteiger partial charge in [0.25, 0.3) is 0 Å². The van der Waals surface area contributed by atoms with Gasteiger partial charge in [-0.05, 0) is 17.9 Å². The van der Waals surface area contributed by atoms with Gasteiger partial charge in [-0.1, -0.05) is 28.1 Å². The van der Waals surface area contributed by atoms with Crippen molar-refractivity contribution in [2.75, 3.05) is 6.26 Å². The van der Waals surface area contributed by atoms with Crippen LogP contribution in [-0.4, -0.2) is 16.0 Å². The van der Waals surface area contributed by atoms with Crippen molar-refractivity contribution >= 4 is 35.3 Å². The number of alkyl halides is 2. The maximum Gasteiger partial charge on any atom is 1.00 e. The van der Waals surface area contributed by atoms with Crippen LogP contribution in [0.3, 0.4) is 0 Å². The third-order valence-corrected chi connectivity index (χ3v) is 4.29. The van der Waals surface area contributed by atoms with Gasteiger partial charge in [-0.3, -0.25) is 4.57 Å². The predicted octanol–water partition coefficient (Wildman–Crippen LogP) is -2.23. The van der Waals surface area contributed by atoms with Gasteiger partial charge < -0.3 is 12.6 Å². The normalized spacial score (nSPS) is 11.5. The minimum absolute atomic E-state index is 0. The molecule has 0 aliphatic rings. The maximum atomic E-state index is 13.4. The van der Waals surface area contributed by atoms with E-state index in [0.717, 1.165) is 11.6 Å². The molecule has 2 N–H and O–H groups in total. The van der Waals surface area contributed by atoms with Crippen molar-refractivity contribution in [1.82, 2.24) is 0 Å². The Bertz CT molecular complexity index is 482. The number of benzene rings is 1. The van der Waals surface area contributed by atoms with Crippen LogP contribution in [0.4, 0.5) is 8.78 Å². The third-order valence-electron chi connectivity index (χ3n) is 2.03. The largest absolute Gasteiger partial charge is 1.00 e. The summed E-state index contributed by atoms with van der Waals surface area (Å²) in [5.74, 6) is 0.639. The van der Waals surface area contributed by atoms with Gasteiger partial charge in [0.15, 0.2) is 0 Å². The Hall–Kier alpha value is 2.06. The van der Waals surface area contributed by atoms with Gasteiger partial charge in [-0.15, -0.1) is 0 Å². The fourth-order valence-electron chi connectivity index (χ4n) is 1.22. The Kier molecular flexibility index (Phi) is 11.4. The van der Waals surface area contributed by atoms with Crippen LogP contribution in [0.25, 0.3) is 0 Å². The number of hydrogen-bond acceptors (Lipinski definition) is 2. The first-order chi connectivity index (χ1) is 7.70. The molecule has 0 atom stereocenters. The molecular weight excluding hydrogens is 383 g/mol. The minimum Gasteiger partial charge on any atom is -1.00 e. The van der Waals surface area contributed by atoms with Crippen molar-refractivity contribution in [1.29, 1.82) is 0 Å². The second kappa shape index (κ2) is 9.26. The molecule has 0 unspecified atom stereocenters. The molecule has 0 amide bonds. The van der Waals surface area contributed by atoms with E-state index in [2.05, 4.69) is 15.9 Å². The summed E-state index contributed by atoms with van der Waals surface area (Å²) in [4.78, 5) is 17.3. The van der Waals surface area contributed by atoms with Crippen molar-refractivity contribution in [2.24, 2.45) is 0 Å². The van der Waals surface area contributed by atoms with E-state index in [4.69, 9.17) is 9.79 Å². The molecule has 0 heterocycles. The van der Waals surface area contributed by atoms with Crippen LogP contribution in [-0.2, 0) is 16.0 Å². The number of thioether (sulfide) groups is 1. The fourth-order valence-corrected chi connectivity index (χ4v) is 3.07. The second-order valence-electron chi connectivity index (χ2n) is 3.33. The van der Waals surface area contributed by atoms with E-state index in [9.17, 15) is 13.3 Å². The quantitative estimate of drug-likeness (QED) is 0.448. The van der Waals surface area contributed by atoms with Crippen LogP contribution in [0.1, 0.15) is 14.0 Å². The third kappa shape index (κ3) is 5.99. The van der Waals surface area contributed by atoms with Gasteiger partial charge in [-0.2, -0.15) is 20.5 Å². The summed E-state index contributed by atoms with van der Waals surface area (Å²) in [5.41, 5.74) is -4.07. The van der Waals surface area contributed by atoms with E-state index in [1.165, 1.54) is 23.9 Å². The van der Waals surface area contributed by atoms with E-state index >= 15 is 0 Å².